The predicted molar refractivity (Wildman–Crippen MR) is 74.7 cm³/mol. The highest BCUT2D eigenvalue weighted by Crippen LogP contribution is 2.21. The van der Waals surface area contributed by atoms with Crippen molar-refractivity contribution in [1.82, 2.24) is 19.9 Å². The smallest absolute Gasteiger partial charge is 0.360 e. The summed E-state index contributed by atoms with van der Waals surface area (Å²) in [7, 11) is 1.31. The summed E-state index contributed by atoms with van der Waals surface area (Å²) in [6, 6.07) is 0.0542. The van der Waals surface area contributed by atoms with Crippen LogP contribution in [0.2, 0.25) is 0 Å². The Morgan fingerprint density at radius 3 is 3.05 bits per heavy atom. The monoisotopic (exact) mass is 298 g/mol. The van der Waals surface area contributed by atoms with Gasteiger partial charge in [-0.2, -0.15) is 12.6 Å². The molecule has 0 aliphatic carbocycles. The predicted octanol–water partition coefficient (Wildman–Crippen LogP) is 0.548. The van der Waals surface area contributed by atoms with Crippen LogP contribution < -0.4 is 0 Å². The summed E-state index contributed by atoms with van der Waals surface area (Å²) in [5.41, 5.74) is 0.186. The highest BCUT2D eigenvalue weighted by Gasteiger charge is 2.25. The van der Waals surface area contributed by atoms with Crippen LogP contribution in [0.15, 0.2) is 6.20 Å². The Morgan fingerprint density at radius 2 is 2.35 bits per heavy atom. The zero-order valence-corrected chi connectivity index (χ0v) is 12.3. The molecule has 1 aliphatic rings. The van der Waals surface area contributed by atoms with Gasteiger partial charge in [0.1, 0.15) is 0 Å². The van der Waals surface area contributed by atoms with E-state index in [9.17, 15) is 9.59 Å². The van der Waals surface area contributed by atoms with Gasteiger partial charge in [0.05, 0.1) is 19.3 Å². The lowest BCUT2D eigenvalue weighted by Gasteiger charge is -2.32. The molecule has 1 atom stereocenters. The first-order chi connectivity index (χ1) is 9.65. The zero-order valence-electron chi connectivity index (χ0n) is 11.4. The van der Waals surface area contributed by atoms with E-state index in [2.05, 4.69) is 27.7 Å². The second kappa shape index (κ2) is 6.74. The van der Waals surface area contributed by atoms with Crippen molar-refractivity contribution < 1.29 is 14.3 Å². The maximum atomic E-state index is 11.9. The van der Waals surface area contributed by atoms with Crippen LogP contribution in [0.25, 0.3) is 0 Å². The van der Waals surface area contributed by atoms with Crippen LogP contribution in [-0.4, -0.2) is 57.7 Å². The Bertz CT molecular complexity index is 491. The number of hydrogen-bond acceptors (Lipinski definition) is 6. The van der Waals surface area contributed by atoms with Gasteiger partial charge in [0.2, 0.25) is 5.91 Å². The van der Waals surface area contributed by atoms with E-state index in [1.807, 2.05) is 4.90 Å². The molecule has 1 aliphatic heterocycles. The third-order valence-corrected chi connectivity index (χ3v) is 3.58. The Balaban J connectivity index is 2.03. The summed E-state index contributed by atoms with van der Waals surface area (Å²) in [6.07, 6.45) is 3.84. The largest absolute Gasteiger partial charge is 0.464 e. The van der Waals surface area contributed by atoms with E-state index in [1.165, 1.54) is 7.11 Å². The molecule has 7 nitrogen and oxygen atoms in total. The van der Waals surface area contributed by atoms with Crippen LogP contribution in [0.3, 0.4) is 0 Å². The quantitative estimate of drug-likeness (QED) is 0.649. The molecule has 0 saturated carbocycles. The number of thiol groups is 1. The molecule has 2 rings (SSSR count). The fraction of sp³-hybridized carbons (Fsp3) is 0.667. The standard InChI is InChI=1S/C12H18N4O3S/c1-19-12(18)10-8-16(14-13-10)9-3-2-5-15(7-9)11(17)4-6-20/h8-9,20H,2-7H2,1H3. The van der Waals surface area contributed by atoms with Gasteiger partial charge in [-0.25, -0.2) is 9.48 Å². The van der Waals surface area contributed by atoms with Crippen molar-refractivity contribution in [2.45, 2.75) is 25.3 Å². The first kappa shape index (κ1) is 14.8. The van der Waals surface area contributed by atoms with Crippen molar-refractivity contribution in [3.05, 3.63) is 11.9 Å². The Morgan fingerprint density at radius 1 is 1.55 bits per heavy atom. The summed E-state index contributed by atoms with van der Waals surface area (Å²) in [6.45, 7) is 1.36. The number of esters is 1. The number of piperidine rings is 1. The number of rotatable bonds is 4. The first-order valence-corrected chi connectivity index (χ1v) is 7.17. The minimum absolute atomic E-state index is 0.0542. The van der Waals surface area contributed by atoms with E-state index in [1.54, 1.807) is 10.9 Å². The number of methoxy groups -OCH3 is 1. The lowest BCUT2D eigenvalue weighted by molar-refractivity contribution is -0.132. The number of hydrogen-bond donors (Lipinski definition) is 1. The lowest BCUT2D eigenvalue weighted by Crippen LogP contribution is -2.40. The molecule has 1 fully saturated rings. The van der Waals surface area contributed by atoms with Crippen LogP contribution in [0.4, 0.5) is 0 Å². The molecule has 0 spiro atoms. The maximum absolute atomic E-state index is 11.9. The van der Waals surface area contributed by atoms with E-state index >= 15 is 0 Å². The molecule has 1 saturated heterocycles. The van der Waals surface area contributed by atoms with Crippen LogP contribution in [0.1, 0.15) is 35.8 Å². The Labute approximate surface area is 122 Å². The van der Waals surface area contributed by atoms with Gasteiger partial charge >= 0.3 is 5.97 Å². The van der Waals surface area contributed by atoms with Crippen molar-refractivity contribution in [2.75, 3.05) is 26.0 Å². The van der Waals surface area contributed by atoms with Gasteiger partial charge < -0.3 is 9.64 Å². The van der Waals surface area contributed by atoms with Gasteiger partial charge in [-0.1, -0.05) is 5.21 Å². The van der Waals surface area contributed by atoms with Gasteiger partial charge in [0.15, 0.2) is 5.69 Å². The third kappa shape index (κ3) is 3.30. The normalized spacial score (nSPS) is 18.9. The second-order valence-electron chi connectivity index (χ2n) is 4.68. The molecule has 20 heavy (non-hydrogen) atoms. The van der Waals surface area contributed by atoms with Crippen LogP contribution in [0, 0.1) is 0 Å². The number of aromatic nitrogens is 3. The van der Waals surface area contributed by atoms with Crippen molar-refractivity contribution in [2.24, 2.45) is 0 Å². The minimum atomic E-state index is -0.505. The molecule has 0 N–H and O–H groups in total. The Kier molecular flexibility index (Phi) is 4.99. The molecule has 0 radical (unpaired) electrons. The third-order valence-electron chi connectivity index (χ3n) is 3.35. The summed E-state index contributed by atoms with van der Waals surface area (Å²) in [4.78, 5) is 25.1. The van der Waals surface area contributed by atoms with E-state index in [-0.39, 0.29) is 17.6 Å². The van der Waals surface area contributed by atoms with Gasteiger partial charge in [-0.05, 0) is 18.6 Å². The molecule has 0 bridgehead atoms. The van der Waals surface area contributed by atoms with Crippen molar-refractivity contribution >= 4 is 24.5 Å². The van der Waals surface area contributed by atoms with E-state index in [0.717, 1.165) is 19.4 Å². The number of carbonyl (C=O) groups excluding carboxylic acids is 2. The molecular formula is C12H18N4O3S. The zero-order chi connectivity index (χ0) is 14.5. The van der Waals surface area contributed by atoms with Gasteiger partial charge in [0.25, 0.3) is 0 Å². The molecule has 0 aromatic carbocycles. The van der Waals surface area contributed by atoms with Crippen LogP contribution in [0.5, 0.6) is 0 Å². The molecule has 110 valence electrons. The van der Waals surface area contributed by atoms with Crippen LogP contribution in [-0.2, 0) is 9.53 Å². The van der Waals surface area contributed by atoms with E-state index in [4.69, 9.17) is 0 Å². The molecular weight excluding hydrogens is 280 g/mol. The number of amides is 1. The maximum Gasteiger partial charge on any atom is 0.360 e. The molecule has 2 heterocycles. The molecule has 1 amide bonds. The van der Waals surface area contributed by atoms with Crippen molar-refractivity contribution in [1.29, 1.82) is 0 Å². The topological polar surface area (TPSA) is 77.3 Å². The number of likely N-dealkylation sites (tertiary alicyclic amines) is 1. The van der Waals surface area contributed by atoms with Crippen molar-refractivity contribution in [3.8, 4) is 0 Å². The van der Waals surface area contributed by atoms with Crippen molar-refractivity contribution in [3.63, 3.8) is 0 Å². The molecule has 1 aromatic heterocycles. The first-order valence-electron chi connectivity index (χ1n) is 6.54. The minimum Gasteiger partial charge on any atom is -0.464 e. The van der Waals surface area contributed by atoms with E-state index in [0.29, 0.717) is 18.7 Å². The second-order valence-corrected chi connectivity index (χ2v) is 5.13. The molecule has 1 unspecified atom stereocenters. The number of nitrogens with zero attached hydrogens (tertiary/aromatic N) is 4. The fourth-order valence-electron chi connectivity index (χ4n) is 2.30. The summed E-state index contributed by atoms with van der Waals surface area (Å²) >= 11 is 4.08. The highest BCUT2D eigenvalue weighted by molar-refractivity contribution is 7.80. The number of ether oxygens (including phenoxy) is 1. The van der Waals surface area contributed by atoms with E-state index < -0.39 is 5.97 Å². The number of carbonyl (C=O) groups is 2. The van der Waals surface area contributed by atoms with Gasteiger partial charge in [0, 0.05) is 19.5 Å². The average molecular weight is 298 g/mol. The summed E-state index contributed by atoms with van der Waals surface area (Å²) in [5.74, 6) is 0.156. The lowest BCUT2D eigenvalue weighted by atomic mass is 10.1. The Hall–Kier alpha value is -1.57. The highest BCUT2D eigenvalue weighted by atomic mass is 32.1. The molecule has 1 aromatic rings. The fourth-order valence-corrected chi connectivity index (χ4v) is 2.50. The average Bonchev–Trinajstić information content (AvgIpc) is 2.96. The van der Waals surface area contributed by atoms with Crippen LogP contribution >= 0.6 is 12.6 Å². The summed E-state index contributed by atoms with van der Waals surface area (Å²) in [5, 5.41) is 7.75. The van der Waals surface area contributed by atoms with Gasteiger partial charge in [-0.15, -0.1) is 5.10 Å². The van der Waals surface area contributed by atoms with Gasteiger partial charge in [-0.3, -0.25) is 4.79 Å². The SMILES string of the molecule is COC(=O)c1cn(C2CCCN(C(=O)CCS)C2)nn1. The molecule has 8 heteroatoms. The summed E-state index contributed by atoms with van der Waals surface area (Å²) < 4.78 is 6.25.